The Kier molecular flexibility index (Phi) is 6.29. The molecule has 0 aliphatic rings. The molecule has 0 atom stereocenters. The molecule has 0 amide bonds. The summed E-state index contributed by atoms with van der Waals surface area (Å²) in [7, 11) is 0. The summed E-state index contributed by atoms with van der Waals surface area (Å²) in [6, 6.07) is 30.2. The molecule has 6 aromatic rings. The summed E-state index contributed by atoms with van der Waals surface area (Å²) in [6.07, 6.45) is -4.19. The Labute approximate surface area is 220 Å². The van der Waals surface area contributed by atoms with Gasteiger partial charge in [0.2, 0.25) is 0 Å². The van der Waals surface area contributed by atoms with Crippen LogP contribution in [0.5, 0.6) is 5.75 Å². The molecule has 5 nitrogen and oxygen atoms in total. The lowest BCUT2D eigenvalue weighted by atomic mass is 10.1. The van der Waals surface area contributed by atoms with E-state index in [1.54, 1.807) is 12.1 Å². The van der Waals surface area contributed by atoms with Crippen molar-refractivity contribution in [2.75, 3.05) is 0 Å². The van der Waals surface area contributed by atoms with Gasteiger partial charge in [0.25, 0.3) is 0 Å². The summed E-state index contributed by atoms with van der Waals surface area (Å²) in [5.41, 5.74) is 4.83. The van der Waals surface area contributed by atoms with E-state index in [1.165, 1.54) is 29.3 Å². The van der Waals surface area contributed by atoms with Gasteiger partial charge in [-0.05, 0) is 41.5 Å². The van der Waals surface area contributed by atoms with Crippen LogP contribution in [0.4, 0.5) is 13.2 Å². The average Bonchev–Trinajstić information content (AvgIpc) is 3.49. The molecule has 2 aromatic heterocycles. The van der Waals surface area contributed by atoms with Gasteiger partial charge in [-0.1, -0.05) is 78.5 Å². The molecule has 0 saturated heterocycles. The van der Waals surface area contributed by atoms with E-state index in [-0.39, 0.29) is 5.75 Å². The number of rotatable bonds is 7. The Morgan fingerprint density at radius 2 is 1.58 bits per heavy atom. The van der Waals surface area contributed by atoms with Gasteiger partial charge < -0.3 is 9.72 Å². The van der Waals surface area contributed by atoms with Gasteiger partial charge in [-0.3, -0.25) is 4.57 Å². The van der Waals surface area contributed by atoms with E-state index >= 15 is 0 Å². The van der Waals surface area contributed by atoms with Crippen LogP contribution in [0.15, 0.2) is 102 Å². The third kappa shape index (κ3) is 4.97. The number of thioether (sulfide) groups is 1. The van der Waals surface area contributed by atoms with Gasteiger partial charge in [0.1, 0.15) is 11.6 Å². The minimum Gasteiger partial charge on any atom is -0.406 e. The van der Waals surface area contributed by atoms with Crippen molar-refractivity contribution in [3.8, 4) is 11.4 Å². The predicted molar refractivity (Wildman–Crippen MR) is 143 cm³/mol. The van der Waals surface area contributed by atoms with E-state index in [0.29, 0.717) is 22.9 Å². The first kappa shape index (κ1) is 24.1. The lowest BCUT2D eigenvalue weighted by molar-refractivity contribution is -0.274. The Hall–Kier alpha value is -4.24. The summed E-state index contributed by atoms with van der Waals surface area (Å²) in [5, 5.41) is 12.0. The van der Waals surface area contributed by atoms with Crippen molar-refractivity contribution >= 4 is 33.6 Å². The quantitative estimate of drug-likeness (QED) is 0.215. The van der Waals surface area contributed by atoms with E-state index < -0.39 is 6.36 Å². The number of ether oxygens (including phenoxy) is 1. The van der Waals surface area contributed by atoms with Crippen molar-refractivity contribution < 1.29 is 17.9 Å². The van der Waals surface area contributed by atoms with Crippen molar-refractivity contribution in [1.29, 1.82) is 0 Å². The standard InChI is InChI=1S/C29H21F3N4OS/c30-29(31,32)37-22-12-6-8-19(16-22)18-38-28-35-34-26(36(28)21-10-2-1-3-11-21)17-20-9-7-14-24-23-13-4-5-15-25(23)33-27(20)24/h1-16,33H,17-18H2. The smallest absolute Gasteiger partial charge is 0.406 e. The van der Waals surface area contributed by atoms with E-state index in [9.17, 15) is 13.2 Å². The Bertz CT molecular complexity index is 1730. The number of nitrogens with one attached hydrogen (secondary N) is 1. The van der Waals surface area contributed by atoms with Crippen LogP contribution in [0, 0.1) is 0 Å². The maximum absolute atomic E-state index is 12.7. The molecule has 4 aromatic carbocycles. The molecule has 0 fully saturated rings. The first-order valence-electron chi connectivity index (χ1n) is 11.9. The highest BCUT2D eigenvalue weighted by molar-refractivity contribution is 7.98. The summed E-state index contributed by atoms with van der Waals surface area (Å²) >= 11 is 1.41. The van der Waals surface area contributed by atoms with E-state index in [4.69, 9.17) is 0 Å². The van der Waals surface area contributed by atoms with Crippen molar-refractivity contribution in [2.24, 2.45) is 0 Å². The van der Waals surface area contributed by atoms with E-state index in [1.807, 2.05) is 53.1 Å². The predicted octanol–water partition coefficient (Wildman–Crippen LogP) is 7.68. The zero-order valence-electron chi connectivity index (χ0n) is 19.9. The number of fused-ring (bicyclic) bond motifs is 3. The second-order valence-electron chi connectivity index (χ2n) is 8.74. The highest BCUT2D eigenvalue weighted by atomic mass is 32.2. The molecule has 0 bridgehead atoms. The van der Waals surface area contributed by atoms with Crippen LogP contribution >= 0.6 is 11.8 Å². The number of H-pyrrole nitrogens is 1. The molecule has 0 radical (unpaired) electrons. The number of hydrogen-bond acceptors (Lipinski definition) is 4. The summed E-state index contributed by atoms with van der Waals surface area (Å²) in [4.78, 5) is 3.55. The Morgan fingerprint density at radius 1 is 0.816 bits per heavy atom. The number of aromatic nitrogens is 4. The second kappa shape index (κ2) is 9.90. The summed E-state index contributed by atoms with van der Waals surface area (Å²) in [6.45, 7) is 0. The number of para-hydroxylation sites is 3. The molecule has 9 heteroatoms. The second-order valence-corrected chi connectivity index (χ2v) is 9.68. The first-order valence-corrected chi connectivity index (χ1v) is 12.9. The zero-order chi connectivity index (χ0) is 26.1. The number of nitrogens with zero attached hydrogens (tertiary/aromatic N) is 3. The molecule has 0 unspecified atom stereocenters. The van der Waals surface area contributed by atoms with E-state index in [0.717, 1.165) is 33.5 Å². The van der Waals surface area contributed by atoms with Gasteiger partial charge >= 0.3 is 6.36 Å². The summed E-state index contributed by atoms with van der Waals surface area (Å²) in [5.74, 6) is 0.920. The van der Waals surface area contributed by atoms with Crippen molar-refractivity contribution in [2.45, 2.75) is 23.7 Å². The topological polar surface area (TPSA) is 55.7 Å². The zero-order valence-corrected chi connectivity index (χ0v) is 20.8. The highest BCUT2D eigenvalue weighted by Crippen LogP contribution is 2.31. The van der Waals surface area contributed by atoms with Gasteiger partial charge in [0.15, 0.2) is 5.16 Å². The van der Waals surface area contributed by atoms with Crippen LogP contribution in [0.1, 0.15) is 17.0 Å². The van der Waals surface area contributed by atoms with E-state index in [2.05, 4.69) is 44.2 Å². The molecule has 0 spiro atoms. The SMILES string of the molecule is FC(F)(F)Oc1cccc(CSc2nnc(Cc3cccc4c3[nH]c3ccccc34)n2-c2ccccc2)c1. The van der Waals surface area contributed by atoms with Crippen LogP contribution < -0.4 is 4.74 Å². The van der Waals surface area contributed by atoms with Gasteiger partial charge in [-0.15, -0.1) is 23.4 Å². The number of halogens is 3. The largest absolute Gasteiger partial charge is 0.573 e. The molecule has 190 valence electrons. The fraction of sp³-hybridized carbons (Fsp3) is 0.103. The molecule has 1 N–H and O–H groups in total. The maximum Gasteiger partial charge on any atom is 0.573 e. The average molecular weight is 531 g/mol. The maximum atomic E-state index is 12.7. The third-order valence-electron chi connectivity index (χ3n) is 6.19. The minimum atomic E-state index is -4.73. The molecule has 38 heavy (non-hydrogen) atoms. The number of aromatic amines is 1. The van der Waals surface area contributed by atoms with Crippen molar-refractivity contribution in [3.63, 3.8) is 0 Å². The highest BCUT2D eigenvalue weighted by Gasteiger charge is 2.31. The number of hydrogen-bond donors (Lipinski definition) is 1. The molecule has 0 aliphatic heterocycles. The first-order chi connectivity index (χ1) is 18.4. The normalized spacial score (nSPS) is 11.9. The fourth-order valence-corrected chi connectivity index (χ4v) is 5.49. The number of alkyl halides is 3. The number of benzene rings is 4. The summed E-state index contributed by atoms with van der Waals surface area (Å²) < 4.78 is 44.0. The molecule has 0 aliphatic carbocycles. The van der Waals surface area contributed by atoms with Crippen LogP contribution in [0.25, 0.3) is 27.5 Å². The molecule has 6 rings (SSSR count). The lowest BCUT2D eigenvalue weighted by Gasteiger charge is -2.12. The van der Waals surface area contributed by atoms with Gasteiger partial charge in [0.05, 0.1) is 5.52 Å². The third-order valence-corrected chi connectivity index (χ3v) is 7.19. The lowest BCUT2D eigenvalue weighted by Crippen LogP contribution is -2.17. The molecular formula is C29H21F3N4OS. The Morgan fingerprint density at radius 3 is 2.42 bits per heavy atom. The van der Waals surface area contributed by atoms with Crippen LogP contribution in [-0.2, 0) is 12.2 Å². The van der Waals surface area contributed by atoms with Gasteiger partial charge in [-0.2, -0.15) is 0 Å². The van der Waals surface area contributed by atoms with Gasteiger partial charge in [0, 0.05) is 34.2 Å². The van der Waals surface area contributed by atoms with Crippen LogP contribution in [0.2, 0.25) is 0 Å². The van der Waals surface area contributed by atoms with Crippen LogP contribution in [0.3, 0.4) is 0 Å². The van der Waals surface area contributed by atoms with Crippen molar-refractivity contribution in [1.82, 2.24) is 19.7 Å². The Balaban J connectivity index is 1.33. The van der Waals surface area contributed by atoms with Crippen molar-refractivity contribution in [3.05, 3.63) is 114 Å². The molecule has 2 heterocycles. The molecule has 0 saturated carbocycles. The fourth-order valence-electron chi connectivity index (χ4n) is 4.58. The molecular weight excluding hydrogens is 509 g/mol. The van der Waals surface area contributed by atoms with Gasteiger partial charge in [-0.25, -0.2) is 0 Å². The van der Waals surface area contributed by atoms with Crippen LogP contribution in [-0.4, -0.2) is 26.1 Å². The minimum absolute atomic E-state index is 0.243. The monoisotopic (exact) mass is 530 g/mol.